The minimum Gasteiger partial charge on any atom is -0.325 e. The SMILES string of the molecule is O=C(CS)Nc1ccc2sc3ccccc3c(=O)c2c1. The van der Waals surface area contributed by atoms with Gasteiger partial charge in [0, 0.05) is 25.9 Å². The highest BCUT2D eigenvalue weighted by Gasteiger charge is 2.07. The second-order valence-electron chi connectivity index (χ2n) is 4.34. The Morgan fingerprint density at radius 3 is 2.65 bits per heavy atom. The van der Waals surface area contributed by atoms with Crippen LogP contribution in [-0.2, 0) is 4.79 Å². The fourth-order valence-electron chi connectivity index (χ4n) is 2.08. The second-order valence-corrected chi connectivity index (χ2v) is 5.74. The second kappa shape index (κ2) is 5.26. The van der Waals surface area contributed by atoms with Gasteiger partial charge in [0.05, 0.1) is 5.75 Å². The lowest BCUT2D eigenvalue weighted by atomic mass is 10.1. The zero-order valence-electron chi connectivity index (χ0n) is 10.4. The van der Waals surface area contributed by atoms with Gasteiger partial charge in [-0.2, -0.15) is 12.6 Å². The highest BCUT2D eigenvalue weighted by molar-refractivity contribution is 7.81. The molecule has 0 aliphatic carbocycles. The molecule has 0 aliphatic heterocycles. The number of carbonyl (C=O) groups is 1. The van der Waals surface area contributed by atoms with E-state index < -0.39 is 0 Å². The van der Waals surface area contributed by atoms with Gasteiger partial charge in [-0.1, -0.05) is 12.1 Å². The van der Waals surface area contributed by atoms with Crippen LogP contribution < -0.4 is 10.7 Å². The summed E-state index contributed by atoms with van der Waals surface area (Å²) in [6.07, 6.45) is 0. The average Bonchev–Trinajstić information content (AvgIpc) is 2.48. The minimum atomic E-state index is -0.190. The Hall–Kier alpha value is -1.85. The third-order valence-corrected chi connectivity index (χ3v) is 4.44. The molecule has 0 saturated heterocycles. The Labute approximate surface area is 124 Å². The maximum Gasteiger partial charge on any atom is 0.234 e. The fourth-order valence-corrected chi connectivity index (χ4v) is 3.21. The Balaban J connectivity index is 2.23. The number of rotatable bonds is 2. The molecule has 20 heavy (non-hydrogen) atoms. The highest BCUT2D eigenvalue weighted by Crippen LogP contribution is 2.26. The monoisotopic (exact) mass is 301 g/mol. The zero-order valence-corrected chi connectivity index (χ0v) is 12.1. The van der Waals surface area contributed by atoms with Crippen LogP contribution in [0.5, 0.6) is 0 Å². The van der Waals surface area contributed by atoms with Crippen molar-refractivity contribution in [2.45, 2.75) is 0 Å². The van der Waals surface area contributed by atoms with E-state index in [1.54, 1.807) is 23.5 Å². The standard InChI is InChI=1S/C15H11NO2S2/c17-14(8-19)16-9-5-6-13-11(7-9)15(18)10-3-1-2-4-12(10)20-13/h1-7,19H,8H2,(H,16,17). The Bertz CT molecular complexity index is 871. The number of hydrogen-bond acceptors (Lipinski definition) is 4. The lowest BCUT2D eigenvalue weighted by Gasteiger charge is -2.05. The van der Waals surface area contributed by atoms with Crippen molar-refractivity contribution in [1.82, 2.24) is 0 Å². The molecule has 0 unspecified atom stereocenters. The highest BCUT2D eigenvalue weighted by atomic mass is 32.1. The van der Waals surface area contributed by atoms with Gasteiger partial charge in [0.2, 0.25) is 5.91 Å². The Morgan fingerprint density at radius 1 is 1.10 bits per heavy atom. The van der Waals surface area contributed by atoms with Crippen LogP contribution in [0.3, 0.4) is 0 Å². The third kappa shape index (κ3) is 2.30. The van der Waals surface area contributed by atoms with Gasteiger partial charge in [-0.15, -0.1) is 11.3 Å². The molecule has 0 aliphatic rings. The summed E-state index contributed by atoms with van der Waals surface area (Å²) in [4.78, 5) is 23.8. The molecule has 2 aromatic carbocycles. The van der Waals surface area contributed by atoms with Crippen LogP contribution in [0, 0.1) is 0 Å². The molecule has 0 saturated carbocycles. The van der Waals surface area contributed by atoms with Gasteiger partial charge in [-0.3, -0.25) is 9.59 Å². The van der Waals surface area contributed by atoms with Crippen molar-refractivity contribution in [2.75, 3.05) is 11.1 Å². The minimum absolute atomic E-state index is 0.00341. The molecule has 0 atom stereocenters. The van der Waals surface area contributed by atoms with Gasteiger partial charge in [0.15, 0.2) is 5.43 Å². The van der Waals surface area contributed by atoms with E-state index in [0.29, 0.717) is 16.5 Å². The number of anilines is 1. The van der Waals surface area contributed by atoms with E-state index in [1.165, 1.54) is 0 Å². The predicted octanol–water partition coefficient (Wildman–Crippen LogP) is 3.28. The summed E-state index contributed by atoms with van der Waals surface area (Å²) in [5.41, 5.74) is 0.618. The molecule has 1 aromatic heterocycles. The summed E-state index contributed by atoms with van der Waals surface area (Å²) in [7, 11) is 0. The molecule has 3 nitrogen and oxygen atoms in total. The first kappa shape index (κ1) is 13.1. The largest absolute Gasteiger partial charge is 0.325 e. The van der Waals surface area contributed by atoms with Gasteiger partial charge in [-0.05, 0) is 30.3 Å². The molecule has 1 amide bonds. The van der Waals surface area contributed by atoms with E-state index in [0.717, 1.165) is 9.40 Å². The van der Waals surface area contributed by atoms with Crippen molar-refractivity contribution >= 4 is 55.7 Å². The normalized spacial score (nSPS) is 10.8. The first-order valence-corrected chi connectivity index (χ1v) is 7.50. The van der Waals surface area contributed by atoms with Crippen LogP contribution >= 0.6 is 24.0 Å². The molecular formula is C15H11NO2S2. The summed E-state index contributed by atoms with van der Waals surface area (Å²) >= 11 is 5.49. The molecule has 3 rings (SSSR count). The van der Waals surface area contributed by atoms with Crippen LogP contribution in [-0.4, -0.2) is 11.7 Å². The van der Waals surface area contributed by atoms with E-state index in [-0.39, 0.29) is 17.1 Å². The van der Waals surface area contributed by atoms with E-state index in [2.05, 4.69) is 17.9 Å². The molecule has 0 spiro atoms. The van der Waals surface area contributed by atoms with Crippen LogP contribution in [0.4, 0.5) is 5.69 Å². The topological polar surface area (TPSA) is 46.2 Å². The van der Waals surface area contributed by atoms with Gasteiger partial charge in [-0.25, -0.2) is 0 Å². The van der Waals surface area contributed by atoms with Crippen LogP contribution in [0.25, 0.3) is 20.2 Å². The van der Waals surface area contributed by atoms with Gasteiger partial charge in [0.25, 0.3) is 0 Å². The summed E-state index contributed by atoms with van der Waals surface area (Å²) in [5.74, 6) is -0.0765. The van der Waals surface area contributed by atoms with Crippen LogP contribution in [0.1, 0.15) is 0 Å². The van der Waals surface area contributed by atoms with Crippen LogP contribution in [0.2, 0.25) is 0 Å². The Kier molecular flexibility index (Phi) is 3.46. The summed E-state index contributed by atoms with van der Waals surface area (Å²) in [5, 5.41) is 4.05. The lowest BCUT2D eigenvalue weighted by molar-refractivity contribution is -0.113. The van der Waals surface area contributed by atoms with Crippen molar-refractivity contribution in [1.29, 1.82) is 0 Å². The van der Waals surface area contributed by atoms with Gasteiger partial charge in [0.1, 0.15) is 0 Å². The number of hydrogen-bond donors (Lipinski definition) is 2. The van der Waals surface area contributed by atoms with Crippen molar-refractivity contribution in [2.24, 2.45) is 0 Å². The molecular weight excluding hydrogens is 290 g/mol. The van der Waals surface area contributed by atoms with E-state index in [4.69, 9.17) is 0 Å². The molecule has 1 N–H and O–H groups in total. The number of thiol groups is 1. The van der Waals surface area contributed by atoms with Gasteiger partial charge >= 0.3 is 0 Å². The molecule has 100 valence electrons. The van der Waals surface area contributed by atoms with Gasteiger partial charge < -0.3 is 5.32 Å². The molecule has 0 radical (unpaired) electrons. The maximum atomic E-state index is 12.5. The van der Waals surface area contributed by atoms with Crippen molar-refractivity contribution in [3.8, 4) is 0 Å². The summed E-state index contributed by atoms with van der Waals surface area (Å²) in [6.45, 7) is 0. The van der Waals surface area contributed by atoms with E-state index in [9.17, 15) is 9.59 Å². The van der Waals surface area contributed by atoms with Crippen molar-refractivity contribution in [3.05, 3.63) is 52.7 Å². The summed E-state index contributed by atoms with van der Waals surface area (Å²) in [6, 6.07) is 12.9. The first-order chi connectivity index (χ1) is 9.69. The lowest BCUT2D eigenvalue weighted by Crippen LogP contribution is -2.12. The quantitative estimate of drug-likeness (QED) is 0.563. The molecule has 0 bridgehead atoms. The third-order valence-electron chi connectivity index (χ3n) is 3.00. The van der Waals surface area contributed by atoms with Crippen LogP contribution in [0.15, 0.2) is 47.3 Å². The first-order valence-electron chi connectivity index (χ1n) is 6.05. The predicted molar refractivity (Wildman–Crippen MR) is 88.1 cm³/mol. The molecule has 5 heteroatoms. The molecule has 1 heterocycles. The number of amides is 1. The number of carbonyl (C=O) groups excluding carboxylic acids is 1. The summed E-state index contributed by atoms with van der Waals surface area (Å²) < 4.78 is 1.88. The van der Waals surface area contributed by atoms with Crippen molar-refractivity contribution < 1.29 is 4.79 Å². The average molecular weight is 301 g/mol. The zero-order chi connectivity index (χ0) is 14.1. The van der Waals surface area contributed by atoms with E-state index >= 15 is 0 Å². The van der Waals surface area contributed by atoms with Crippen molar-refractivity contribution in [3.63, 3.8) is 0 Å². The fraction of sp³-hybridized carbons (Fsp3) is 0.0667. The molecule has 3 aromatic rings. The van der Waals surface area contributed by atoms with E-state index in [1.807, 2.05) is 30.3 Å². The Morgan fingerprint density at radius 2 is 1.85 bits per heavy atom. The smallest absolute Gasteiger partial charge is 0.234 e. The number of fused-ring (bicyclic) bond motifs is 2. The number of nitrogens with one attached hydrogen (secondary N) is 1. The maximum absolute atomic E-state index is 12.5. The molecule has 0 fully saturated rings. The number of benzene rings is 2.